The molecule has 0 unspecified atom stereocenters. The molecule has 0 amide bonds. The number of hydrogen-bond donors (Lipinski definition) is 0. The summed E-state index contributed by atoms with van der Waals surface area (Å²) in [7, 11) is 1.62. The lowest BCUT2D eigenvalue weighted by atomic mass is 10.1. The fraction of sp³-hybridized carbons (Fsp3) is 0.238. The van der Waals surface area contributed by atoms with E-state index in [-0.39, 0.29) is 11.9 Å². The lowest BCUT2D eigenvalue weighted by Crippen LogP contribution is -2.13. The quantitative estimate of drug-likeness (QED) is 0.614. The molecule has 0 saturated carbocycles. The fourth-order valence-corrected chi connectivity index (χ4v) is 2.59. The average Bonchev–Trinajstić information content (AvgIpc) is 3.05. The summed E-state index contributed by atoms with van der Waals surface area (Å²) in [6.45, 7) is 3.97. The molecular formula is C21H22N2O3. The number of hydrogen-bond acceptors (Lipinski definition) is 4. The number of carbonyl (C=O) groups excluding carboxylic acids is 1. The highest BCUT2D eigenvalue weighted by molar-refractivity contribution is 5.73. The number of methoxy groups -OCH3 is 1. The molecule has 5 heteroatoms. The Morgan fingerprint density at radius 1 is 1.08 bits per heavy atom. The van der Waals surface area contributed by atoms with E-state index in [0.29, 0.717) is 12.3 Å². The number of rotatable bonds is 6. The Balaban J connectivity index is 1.99. The highest BCUT2D eigenvalue weighted by Crippen LogP contribution is 2.27. The molecule has 2 aromatic carbocycles. The van der Waals surface area contributed by atoms with Crippen LogP contribution in [0.25, 0.3) is 16.9 Å². The van der Waals surface area contributed by atoms with Crippen molar-refractivity contribution in [1.29, 1.82) is 0 Å². The van der Waals surface area contributed by atoms with Crippen LogP contribution in [0, 0.1) is 5.92 Å². The van der Waals surface area contributed by atoms with E-state index in [2.05, 4.69) is 5.10 Å². The van der Waals surface area contributed by atoms with E-state index in [1.165, 1.54) is 0 Å². The van der Waals surface area contributed by atoms with Gasteiger partial charge in [-0.15, -0.1) is 0 Å². The van der Waals surface area contributed by atoms with Crippen LogP contribution in [0.5, 0.6) is 11.6 Å². The normalized spacial score (nSPS) is 10.8. The zero-order chi connectivity index (χ0) is 18.5. The Labute approximate surface area is 153 Å². The maximum atomic E-state index is 12.2. The maximum Gasteiger partial charge on any atom is 0.312 e. The van der Waals surface area contributed by atoms with Gasteiger partial charge in [-0.25, -0.2) is 4.68 Å². The molecule has 134 valence electrons. The van der Waals surface area contributed by atoms with E-state index in [4.69, 9.17) is 9.47 Å². The summed E-state index contributed by atoms with van der Waals surface area (Å²) in [5.74, 6) is 1.12. The summed E-state index contributed by atoms with van der Waals surface area (Å²) >= 11 is 0. The van der Waals surface area contributed by atoms with Crippen molar-refractivity contribution < 1.29 is 14.3 Å². The third kappa shape index (κ3) is 4.11. The first-order valence-electron chi connectivity index (χ1n) is 8.57. The van der Waals surface area contributed by atoms with Gasteiger partial charge in [-0.2, -0.15) is 5.10 Å². The Morgan fingerprint density at radius 2 is 1.77 bits per heavy atom. The molecule has 0 saturated heterocycles. The van der Waals surface area contributed by atoms with Gasteiger partial charge in [0.15, 0.2) is 0 Å². The van der Waals surface area contributed by atoms with Gasteiger partial charge in [0.2, 0.25) is 5.88 Å². The van der Waals surface area contributed by atoms with E-state index >= 15 is 0 Å². The van der Waals surface area contributed by atoms with E-state index in [1.54, 1.807) is 17.9 Å². The highest BCUT2D eigenvalue weighted by Gasteiger charge is 2.16. The number of aromatic nitrogens is 2. The largest absolute Gasteiger partial charge is 0.497 e. The first-order chi connectivity index (χ1) is 12.6. The third-order valence-electron chi connectivity index (χ3n) is 3.86. The fourth-order valence-electron chi connectivity index (χ4n) is 2.59. The minimum atomic E-state index is -0.269. The zero-order valence-corrected chi connectivity index (χ0v) is 15.2. The molecule has 0 atom stereocenters. The first kappa shape index (κ1) is 17.7. The van der Waals surface area contributed by atoms with Gasteiger partial charge < -0.3 is 9.47 Å². The van der Waals surface area contributed by atoms with Gasteiger partial charge in [0, 0.05) is 18.1 Å². The molecule has 0 N–H and O–H groups in total. The predicted molar refractivity (Wildman–Crippen MR) is 101 cm³/mol. The minimum absolute atomic E-state index is 0.230. The van der Waals surface area contributed by atoms with E-state index < -0.39 is 0 Å². The number of esters is 1. The lowest BCUT2D eigenvalue weighted by Gasteiger charge is -2.09. The van der Waals surface area contributed by atoms with Crippen molar-refractivity contribution >= 4 is 5.97 Å². The van der Waals surface area contributed by atoms with Crippen LogP contribution >= 0.6 is 0 Å². The molecule has 0 aliphatic heterocycles. The Kier molecular flexibility index (Phi) is 5.37. The van der Waals surface area contributed by atoms with Gasteiger partial charge in [-0.05, 0) is 30.2 Å². The summed E-state index contributed by atoms with van der Waals surface area (Å²) in [5.41, 5.74) is 2.50. The molecule has 3 rings (SSSR count). The van der Waals surface area contributed by atoms with Crippen LogP contribution in [-0.2, 0) is 4.79 Å². The molecule has 0 aliphatic carbocycles. The van der Waals surface area contributed by atoms with Gasteiger partial charge in [-0.3, -0.25) is 4.79 Å². The van der Waals surface area contributed by atoms with Crippen molar-refractivity contribution in [2.45, 2.75) is 20.3 Å². The summed E-state index contributed by atoms with van der Waals surface area (Å²) in [6.07, 6.45) is 0.356. The second kappa shape index (κ2) is 7.87. The smallest absolute Gasteiger partial charge is 0.312 e. The predicted octanol–water partition coefficient (Wildman–Crippen LogP) is 4.50. The van der Waals surface area contributed by atoms with Crippen molar-refractivity contribution in [3.63, 3.8) is 0 Å². The SMILES string of the molecule is COc1ccc(-n2nc(-c3ccccc3)cc2OC(=O)CC(C)C)cc1. The van der Waals surface area contributed by atoms with Gasteiger partial charge >= 0.3 is 5.97 Å². The molecule has 5 nitrogen and oxygen atoms in total. The molecule has 1 aromatic heterocycles. The second-order valence-corrected chi connectivity index (χ2v) is 6.42. The van der Waals surface area contributed by atoms with Gasteiger partial charge in [0.05, 0.1) is 18.5 Å². The van der Waals surface area contributed by atoms with Crippen LogP contribution < -0.4 is 9.47 Å². The van der Waals surface area contributed by atoms with Crippen LogP contribution in [-0.4, -0.2) is 22.9 Å². The van der Waals surface area contributed by atoms with E-state index in [1.807, 2.05) is 68.4 Å². The zero-order valence-electron chi connectivity index (χ0n) is 15.2. The van der Waals surface area contributed by atoms with Crippen LogP contribution in [0.4, 0.5) is 0 Å². The summed E-state index contributed by atoms with van der Waals surface area (Å²) in [5, 5.41) is 4.64. The molecule has 0 bridgehead atoms. The molecular weight excluding hydrogens is 328 g/mol. The number of ether oxygens (including phenoxy) is 2. The lowest BCUT2D eigenvalue weighted by molar-refractivity contribution is -0.135. The monoisotopic (exact) mass is 350 g/mol. The third-order valence-corrected chi connectivity index (χ3v) is 3.86. The summed E-state index contributed by atoms with van der Waals surface area (Å²) in [6, 6.07) is 19.0. The minimum Gasteiger partial charge on any atom is -0.497 e. The van der Waals surface area contributed by atoms with Gasteiger partial charge in [0.25, 0.3) is 0 Å². The second-order valence-electron chi connectivity index (χ2n) is 6.42. The average molecular weight is 350 g/mol. The van der Waals surface area contributed by atoms with Crippen LogP contribution in [0.1, 0.15) is 20.3 Å². The van der Waals surface area contributed by atoms with Crippen molar-refractivity contribution in [1.82, 2.24) is 9.78 Å². The molecule has 0 aliphatic rings. The van der Waals surface area contributed by atoms with Gasteiger partial charge in [0.1, 0.15) is 5.75 Å². The van der Waals surface area contributed by atoms with Crippen LogP contribution in [0.3, 0.4) is 0 Å². The molecule has 0 radical (unpaired) electrons. The number of nitrogens with zero attached hydrogens (tertiary/aromatic N) is 2. The summed E-state index contributed by atoms with van der Waals surface area (Å²) in [4.78, 5) is 12.2. The van der Waals surface area contributed by atoms with Crippen molar-refractivity contribution in [3.05, 3.63) is 60.7 Å². The molecule has 26 heavy (non-hydrogen) atoms. The number of carbonyl (C=O) groups is 1. The summed E-state index contributed by atoms with van der Waals surface area (Å²) < 4.78 is 12.4. The Morgan fingerprint density at radius 3 is 2.38 bits per heavy atom. The maximum absolute atomic E-state index is 12.2. The van der Waals surface area contributed by atoms with E-state index in [9.17, 15) is 4.79 Å². The molecule has 3 aromatic rings. The Hall–Kier alpha value is -3.08. The van der Waals surface area contributed by atoms with Gasteiger partial charge in [-0.1, -0.05) is 44.2 Å². The first-order valence-corrected chi connectivity index (χ1v) is 8.57. The molecule has 0 spiro atoms. The topological polar surface area (TPSA) is 53.4 Å². The van der Waals surface area contributed by atoms with Crippen LogP contribution in [0.15, 0.2) is 60.7 Å². The highest BCUT2D eigenvalue weighted by atomic mass is 16.5. The molecule has 1 heterocycles. The number of benzene rings is 2. The van der Waals surface area contributed by atoms with E-state index in [0.717, 1.165) is 22.7 Å². The Bertz CT molecular complexity index is 868. The molecule has 0 fully saturated rings. The van der Waals surface area contributed by atoms with Crippen molar-refractivity contribution in [2.24, 2.45) is 5.92 Å². The van der Waals surface area contributed by atoms with Crippen LogP contribution in [0.2, 0.25) is 0 Å². The van der Waals surface area contributed by atoms with Crippen molar-refractivity contribution in [3.8, 4) is 28.6 Å². The standard InChI is InChI=1S/C21H22N2O3/c1-15(2)13-21(24)26-20-14-19(16-7-5-4-6-8-16)22-23(20)17-9-11-18(25-3)12-10-17/h4-12,14-15H,13H2,1-3H3. The van der Waals surface area contributed by atoms with Crippen molar-refractivity contribution in [2.75, 3.05) is 7.11 Å².